The van der Waals surface area contributed by atoms with E-state index in [9.17, 15) is 9.90 Å². The second kappa shape index (κ2) is 8.66. The molecule has 0 aliphatic heterocycles. The normalized spacial score (nSPS) is 11.2. The van der Waals surface area contributed by atoms with Gasteiger partial charge in [0, 0.05) is 30.4 Å². The van der Waals surface area contributed by atoms with Crippen LogP contribution in [0.25, 0.3) is 11.4 Å². The van der Waals surface area contributed by atoms with Crippen molar-refractivity contribution in [2.24, 2.45) is 0 Å². The Bertz CT molecular complexity index is 1040. The standard InChI is InChI=1S/C21H24N6O2S/c1-21(2,3)27(20(28)29)17-13-16(23-18(24-17)14-9-7-6-8-10-14)26(4)15-11-12-22-19(25-15)30-5/h6-13H,1-5H3,(H,28,29). The van der Waals surface area contributed by atoms with E-state index in [1.54, 1.807) is 23.2 Å². The summed E-state index contributed by atoms with van der Waals surface area (Å²) < 4.78 is 0. The molecule has 0 fully saturated rings. The highest BCUT2D eigenvalue weighted by Gasteiger charge is 2.30. The number of carboxylic acid groups (broad SMARTS) is 1. The van der Waals surface area contributed by atoms with Crippen molar-refractivity contribution < 1.29 is 9.90 Å². The van der Waals surface area contributed by atoms with Crippen molar-refractivity contribution in [2.45, 2.75) is 31.5 Å². The van der Waals surface area contributed by atoms with E-state index in [2.05, 4.69) is 19.9 Å². The van der Waals surface area contributed by atoms with Gasteiger partial charge in [0.25, 0.3) is 0 Å². The van der Waals surface area contributed by atoms with Crippen molar-refractivity contribution in [1.29, 1.82) is 0 Å². The summed E-state index contributed by atoms with van der Waals surface area (Å²) in [6.45, 7) is 5.47. The zero-order chi connectivity index (χ0) is 21.9. The van der Waals surface area contributed by atoms with Crippen molar-refractivity contribution in [3.05, 3.63) is 48.7 Å². The monoisotopic (exact) mass is 424 g/mol. The van der Waals surface area contributed by atoms with E-state index >= 15 is 0 Å². The van der Waals surface area contributed by atoms with E-state index in [-0.39, 0.29) is 0 Å². The molecule has 156 valence electrons. The molecule has 0 saturated heterocycles. The quantitative estimate of drug-likeness (QED) is 0.465. The fourth-order valence-electron chi connectivity index (χ4n) is 2.89. The molecule has 2 heterocycles. The Morgan fingerprint density at radius 2 is 1.67 bits per heavy atom. The summed E-state index contributed by atoms with van der Waals surface area (Å²) in [6, 6.07) is 12.9. The molecule has 0 radical (unpaired) electrons. The molecule has 9 heteroatoms. The molecule has 2 aromatic heterocycles. The van der Waals surface area contributed by atoms with Gasteiger partial charge in [-0.2, -0.15) is 0 Å². The van der Waals surface area contributed by atoms with Crippen molar-refractivity contribution in [1.82, 2.24) is 19.9 Å². The summed E-state index contributed by atoms with van der Waals surface area (Å²) in [7, 11) is 1.83. The number of hydrogen-bond acceptors (Lipinski definition) is 7. The number of anilines is 3. The second-order valence-electron chi connectivity index (χ2n) is 7.52. The molecule has 30 heavy (non-hydrogen) atoms. The molecular formula is C21H24N6O2S. The molecule has 0 saturated carbocycles. The van der Waals surface area contributed by atoms with Gasteiger partial charge in [0.2, 0.25) is 0 Å². The van der Waals surface area contributed by atoms with E-state index in [1.165, 1.54) is 16.7 Å². The molecule has 1 N–H and O–H groups in total. The first-order valence-corrected chi connectivity index (χ1v) is 10.5. The molecular weight excluding hydrogens is 400 g/mol. The van der Waals surface area contributed by atoms with E-state index in [1.807, 2.05) is 64.4 Å². The summed E-state index contributed by atoms with van der Waals surface area (Å²) in [5.74, 6) is 1.91. The molecule has 1 amide bonds. The number of hydrogen-bond donors (Lipinski definition) is 1. The molecule has 0 aliphatic carbocycles. The molecule has 1 aromatic carbocycles. The molecule has 3 aromatic rings. The van der Waals surface area contributed by atoms with Crippen LogP contribution < -0.4 is 9.80 Å². The Morgan fingerprint density at radius 3 is 2.27 bits per heavy atom. The number of rotatable bonds is 5. The van der Waals surface area contributed by atoms with Gasteiger partial charge in [0.15, 0.2) is 11.0 Å². The number of carbonyl (C=O) groups is 1. The Hall–Kier alpha value is -3.20. The number of amides is 1. The van der Waals surface area contributed by atoms with E-state index in [0.29, 0.717) is 28.4 Å². The lowest BCUT2D eigenvalue weighted by molar-refractivity contribution is 0.195. The van der Waals surface area contributed by atoms with E-state index in [4.69, 9.17) is 0 Å². The van der Waals surface area contributed by atoms with Gasteiger partial charge in [-0.05, 0) is 33.1 Å². The molecule has 0 atom stereocenters. The fourth-order valence-corrected chi connectivity index (χ4v) is 3.24. The highest BCUT2D eigenvalue weighted by molar-refractivity contribution is 7.98. The average Bonchev–Trinajstić information content (AvgIpc) is 2.72. The minimum absolute atomic E-state index is 0.296. The van der Waals surface area contributed by atoms with Crippen LogP contribution in [0.5, 0.6) is 0 Å². The van der Waals surface area contributed by atoms with Gasteiger partial charge in [-0.1, -0.05) is 42.1 Å². The predicted octanol–water partition coefficient (Wildman–Crippen LogP) is 4.71. The first kappa shape index (κ1) is 21.5. The molecule has 0 unspecified atom stereocenters. The lowest BCUT2D eigenvalue weighted by atomic mass is 10.1. The van der Waals surface area contributed by atoms with Crippen LogP contribution in [0.15, 0.2) is 53.8 Å². The number of benzene rings is 1. The van der Waals surface area contributed by atoms with Gasteiger partial charge in [0.05, 0.1) is 0 Å². The van der Waals surface area contributed by atoms with Crippen molar-refractivity contribution in [3.8, 4) is 11.4 Å². The van der Waals surface area contributed by atoms with Gasteiger partial charge >= 0.3 is 6.09 Å². The first-order chi connectivity index (χ1) is 14.2. The third kappa shape index (κ3) is 4.68. The molecule has 8 nitrogen and oxygen atoms in total. The third-order valence-corrected chi connectivity index (χ3v) is 4.87. The average molecular weight is 425 g/mol. The molecule has 0 aliphatic rings. The second-order valence-corrected chi connectivity index (χ2v) is 8.30. The van der Waals surface area contributed by atoms with Gasteiger partial charge in [-0.15, -0.1) is 0 Å². The lowest BCUT2D eigenvalue weighted by Gasteiger charge is -2.32. The minimum atomic E-state index is -1.08. The Labute approximate surface area is 180 Å². The zero-order valence-corrected chi connectivity index (χ0v) is 18.4. The van der Waals surface area contributed by atoms with Crippen LogP contribution in [-0.4, -0.2) is 50.0 Å². The maximum Gasteiger partial charge on any atom is 0.413 e. The highest BCUT2D eigenvalue weighted by Crippen LogP contribution is 2.30. The molecule has 0 spiro atoms. The lowest BCUT2D eigenvalue weighted by Crippen LogP contribution is -2.45. The minimum Gasteiger partial charge on any atom is -0.465 e. The third-order valence-electron chi connectivity index (χ3n) is 4.31. The zero-order valence-electron chi connectivity index (χ0n) is 17.6. The van der Waals surface area contributed by atoms with E-state index < -0.39 is 11.6 Å². The molecule has 0 bridgehead atoms. The van der Waals surface area contributed by atoms with Crippen molar-refractivity contribution in [3.63, 3.8) is 0 Å². The SMILES string of the molecule is CSc1nccc(N(C)c2cc(N(C(=O)O)C(C)(C)C)nc(-c3ccccc3)n2)n1. The van der Waals surface area contributed by atoms with Crippen LogP contribution in [0.2, 0.25) is 0 Å². The topological polar surface area (TPSA) is 95.3 Å². The van der Waals surface area contributed by atoms with Gasteiger partial charge < -0.3 is 10.0 Å². The van der Waals surface area contributed by atoms with Crippen LogP contribution >= 0.6 is 11.8 Å². The first-order valence-electron chi connectivity index (χ1n) is 9.29. The largest absolute Gasteiger partial charge is 0.465 e. The summed E-state index contributed by atoms with van der Waals surface area (Å²) in [5, 5.41) is 10.5. The fraction of sp³-hybridized carbons (Fsp3) is 0.286. The van der Waals surface area contributed by atoms with Crippen LogP contribution in [0.3, 0.4) is 0 Å². The van der Waals surface area contributed by atoms with Gasteiger partial charge in [-0.3, -0.25) is 4.90 Å². The molecule has 3 rings (SSSR count). The number of nitrogens with zero attached hydrogens (tertiary/aromatic N) is 6. The Morgan fingerprint density at radius 1 is 1.00 bits per heavy atom. The Kier molecular flexibility index (Phi) is 6.21. The number of thioether (sulfide) groups is 1. The summed E-state index contributed by atoms with van der Waals surface area (Å²) in [6.07, 6.45) is 2.51. The Balaban J connectivity index is 2.18. The van der Waals surface area contributed by atoms with Gasteiger partial charge in [-0.25, -0.2) is 24.7 Å². The summed E-state index contributed by atoms with van der Waals surface area (Å²) >= 11 is 1.44. The van der Waals surface area contributed by atoms with Crippen molar-refractivity contribution >= 4 is 35.3 Å². The predicted molar refractivity (Wildman–Crippen MR) is 120 cm³/mol. The van der Waals surface area contributed by atoms with Crippen molar-refractivity contribution in [2.75, 3.05) is 23.1 Å². The number of aromatic nitrogens is 4. The summed E-state index contributed by atoms with van der Waals surface area (Å²) in [5.41, 5.74) is 0.103. The van der Waals surface area contributed by atoms with Crippen LogP contribution in [0.1, 0.15) is 20.8 Å². The maximum absolute atomic E-state index is 12.1. The van der Waals surface area contributed by atoms with Crippen LogP contribution in [0.4, 0.5) is 22.2 Å². The van der Waals surface area contributed by atoms with Gasteiger partial charge in [0.1, 0.15) is 17.5 Å². The maximum atomic E-state index is 12.1. The van der Waals surface area contributed by atoms with Crippen LogP contribution in [0, 0.1) is 0 Å². The van der Waals surface area contributed by atoms with Crippen LogP contribution in [-0.2, 0) is 0 Å². The van der Waals surface area contributed by atoms with E-state index in [0.717, 1.165) is 5.56 Å². The smallest absolute Gasteiger partial charge is 0.413 e. The summed E-state index contributed by atoms with van der Waals surface area (Å²) in [4.78, 5) is 33.1. The highest BCUT2D eigenvalue weighted by atomic mass is 32.2.